The summed E-state index contributed by atoms with van der Waals surface area (Å²) in [7, 11) is 4.27. The molecule has 0 aromatic carbocycles. The molecule has 2 atom stereocenters. The summed E-state index contributed by atoms with van der Waals surface area (Å²) in [6, 6.07) is 3.13. The highest BCUT2D eigenvalue weighted by Crippen LogP contribution is 2.33. The summed E-state index contributed by atoms with van der Waals surface area (Å²) >= 11 is 0. The molecule has 21 heavy (non-hydrogen) atoms. The Hall–Kier alpha value is -0.670. The molecule has 0 bridgehead atoms. The Kier molecular flexibility index (Phi) is 6.00. The van der Waals surface area contributed by atoms with Gasteiger partial charge in [0, 0.05) is 45.3 Å². The largest absolute Gasteiger partial charge is 0.308 e. The standard InChI is InChI=1S/C16H31N5/c1-4-18-16(14-17)6-5-15(13-16)21-11-9-20(10-12-21)8-7-19(2)3/h15,18H,4-13H2,1-3H3. The van der Waals surface area contributed by atoms with E-state index in [1.54, 1.807) is 0 Å². The Morgan fingerprint density at radius 3 is 2.57 bits per heavy atom. The first-order valence-corrected chi connectivity index (χ1v) is 8.36. The molecule has 1 saturated heterocycles. The molecule has 0 amide bonds. The van der Waals surface area contributed by atoms with Crippen LogP contribution in [0.25, 0.3) is 0 Å². The topological polar surface area (TPSA) is 45.5 Å². The highest BCUT2D eigenvalue weighted by Gasteiger charge is 2.41. The fourth-order valence-electron chi connectivity index (χ4n) is 3.66. The second kappa shape index (κ2) is 7.55. The van der Waals surface area contributed by atoms with Crippen molar-refractivity contribution in [1.29, 1.82) is 5.26 Å². The third-order valence-corrected chi connectivity index (χ3v) is 5.00. The van der Waals surface area contributed by atoms with Crippen LogP contribution >= 0.6 is 0 Å². The van der Waals surface area contributed by atoms with Crippen molar-refractivity contribution in [3.63, 3.8) is 0 Å². The fourth-order valence-corrected chi connectivity index (χ4v) is 3.66. The lowest BCUT2D eigenvalue weighted by molar-refractivity contribution is 0.0915. The minimum Gasteiger partial charge on any atom is -0.308 e. The van der Waals surface area contributed by atoms with Gasteiger partial charge in [-0.1, -0.05) is 6.92 Å². The minimum absolute atomic E-state index is 0.262. The van der Waals surface area contributed by atoms with Gasteiger partial charge in [-0.25, -0.2) is 0 Å². The summed E-state index contributed by atoms with van der Waals surface area (Å²) < 4.78 is 0. The quantitative estimate of drug-likeness (QED) is 0.776. The minimum atomic E-state index is -0.262. The van der Waals surface area contributed by atoms with Crippen LogP contribution in [0.2, 0.25) is 0 Å². The predicted octanol–water partition coefficient (Wildman–Crippen LogP) is 0.590. The van der Waals surface area contributed by atoms with Gasteiger partial charge in [0.25, 0.3) is 0 Å². The van der Waals surface area contributed by atoms with Gasteiger partial charge in [-0.15, -0.1) is 0 Å². The summed E-state index contributed by atoms with van der Waals surface area (Å²) in [5, 5.41) is 12.9. The third kappa shape index (κ3) is 4.40. The van der Waals surface area contributed by atoms with Gasteiger partial charge in [-0.2, -0.15) is 5.26 Å². The maximum absolute atomic E-state index is 9.48. The van der Waals surface area contributed by atoms with Crippen LogP contribution in [0.5, 0.6) is 0 Å². The van der Waals surface area contributed by atoms with Crippen LogP contribution in [-0.2, 0) is 0 Å². The summed E-state index contributed by atoms with van der Waals surface area (Å²) in [6.45, 7) is 9.95. The maximum Gasteiger partial charge on any atom is 0.108 e. The first-order valence-electron chi connectivity index (χ1n) is 8.36. The molecule has 1 N–H and O–H groups in total. The van der Waals surface area contributed by atoms with Gasteiger partial charge >= 0.3 is 0 Å². The van der Waals surface area contributed by atoms with E-state index < -0.39 is 0 Å². The predicted molar refractivity (Wildman–Crippen MR) is 86.2 cm³/mol. The van der Waals surface area contributed by atoms with Crippen molar-refractivity contribution in [2.75, 3.05) is 59.9 Å². The fraction of sp³-hybridized carbons (Fsp3) is 0.938. The SMILES string of the molecule is CCNC1(C#N)CCC(N2CCN(CCN(C)C)CC2)C1. The van der Waals surface area contributed by atoms with E-state index in [1.807, 2.05) is 0 Å². The normalized spacial score (nSPS) is 31.7. The smallest absolute Gasteiger partial charge is 0.108 e. The average molecular weight is 293 g/mol. The molecule has 1 heterocycles. The van der Waals surface area contributed by atoms with Crippen molar-refractivity contribution in [2.24, 2.45) is 0 Å². The molecule has 0 spiro atoms. The number of likely N-dealkylation sites (N-methyl/N-ethyl adjacent to an activating group) is 1. The molecule has 120 valence electrons. The highest BCUT2D eigenvalue weighted by molar-refractivity contribution is 5.13. The van der Waals surface area contributed by atoms with Gasteiger partial charge < -0.3 is 4.90 Å². The lowest BCUT2D eigenvalue weighted by atomic mass is 9.99. The first-order chi connectivity index (χ1) is 10.1. The monoisotopic (exact) mass is 293 g/mol. The number of nitrogens with zero attached hydrogens (tertiary/aromatic N) is 4. The number of nitriles is 1. The van der Waals surface area contributed by atoms with Gasteiger partial charge in [-0.05, 0) is 39.9 Å². The van der Waals surface area contributed by atoms with Crippen molar-refractivity contribution in [1.82, 2.24) is 20.0 Å². The van der Waals surface area contributed by atoms with Crippen LogP contribution in [-0.4, -0.2) is 86.2 Å². The van der Waals surface area contributed by atoms with Crippen molar-refractivity contribution in [3.8, 4) is 6.07 Å². The highest BCUT2D eigenvalue weighted by atomic mass is 15.3. The Labute approximate surface area is 129 Å². The molecule has 0 aromatic rings. The van der Waals surface area contributed by atoms with Crippen LogP contribution in [0.1, 0.15) is 26.2 Å². The molecule has 2 rings (SSSR count). The first kappa shape index (κ1) is 16.7. The van der Waals surface area contributed by atoms with Crippen molar-refractivity contribution >= 4 is 0 Å². The zero-order valence-corrected chi connectivity index (χ0v) is 13.9. The molecule has 1 saturated carbocycles. The molecule has 0 radical (unpaired) electrons. The van der Waals surface area contributed by atoms with E-state index in [0.29, 0.717) is 6.04 Å². The van der Waals surface area contributed by atoms with E-state index in [0.717, 1.165) is 45.4 Å². The molecule has 5 nitrogen and oxygen atoms in total. The molecule has 2 fully saturated rings. The van der Waals surface area contributed by atoms with Gasteiger partial charge in [0.1, 0.15) is 5.54 Å². The molecule has 5 heteroatoms. The van der Waals surface area contributed by atoms with Gasteiger partial charge in [-0.3, -0.25) is 15.1 Å². The van der Waals surface area contributed by atoms with Crippen molar-refractivity contribution in [3.05, 3.63) is 0 Å². The Morgan fingerprint density at radius 1 is 1.29 bits per heavy atom. The third-order valence-electron chi connectivity index (χ3n) is 5.00. The Balaban J connectivity index is 1.77. The van der Waals surface area contributed by atoms with E-state index in [9.17, 15) is 5.26 Å². The average Bonchev–Trinajstić information content (AvgIpc) is 2.91. The van der Waals surface area contributed by atoms with E-state index in [4.69, 9.17) is 0 Å². The van der Waals surface area contributed by atoms with Crippen LogP contribution < -0.4 is 5.32 Å². The molecular formula is C16H31N5. The molecule has 0 aromatic heterocycles. The van der Waals surface area contributed by atoms with Crippen LogP contribution in [0.15, 0.2) is 0 Å². The number of rotatable bonds is 6. The zero-order valence-electron chi connectivity index (χ0n) is 13.9. The number of hydrogen-bond acceptors (Lipinski definition) is 5. The number of nitrogens with one attached hydrogen (secondary N) is 1. The second-order valence-electron chi connectivity index (χ2n) is 6.80. The lowest BCUT2D eigenvalue weighted by Gasteiger charge is -2.38. The van der Waals surface area contributed by atoms with Crippen LogP contribution in [0, 0.1) is 11.3 Å². The van der Waals surface area contributed by atoms with Gasteiger partial charge in [0.15, 0.2) is 0 Å². The van der Waals surface area contributed by atoms with Gasteiger partial charge in [0.2, 0.25) is 0 Å². The molecule has 1 aliphatic carbocycles. The van der Waals surface area contributed by atoms with Crippen molar-refractivity contribution in [2.45, 2.75) is 37.8 Å². The van der Waals surface area contributed by atoms with E-state index >= 15 is 0 Å². The van der Waals surface area contributed by atoms with Crippen LogP contribution in [0.3, 0.4) is 0 Å². The van der Waals surface area contributed by atoms with Gasteiger partial charge in [0.05, 0.1) is 6.07 Å². The lowest BCUT2D eigenvalue weighted by Crippen LogP contribution is -2.52. The second-order valence-corrected chi connectivity index (χ2v) is 6.80. The molecule has 2 aliphatic rings. The van der Waals surface area contributed by atoms with Crippen LogP contribution in [0.4, 0.5) is 0 Å². The maximum atomic E-state index is 9.48. The van der Waals surface area contributed by atoms with Crippen molar-refractivity contribution < 1.29 is 0 Å². The summed E-state index contributed by atoms with van der Waals surface area (Å²) in [5.74, 6) is 0. The summed E-state index contributed by atoms with van der Waals surface area (Å²) in [6.07, 6.45) is 3.16. The Bertz CT molecular complexity index is 356. The summed E-state index contributed by atoms with van der Waals surface area (Å²) in [4.78, 5) is 7.43. The summed E-state index contributed by atoms with van der Waals surface area (Å²) in [5.41, 5.74) is -0.262. The zero-order chi connectivity index (χ0) is 15.3. The number of hydrogen-bond donors (Lipinski definition) is 1. The molecular weight excluding hydrogens is 262 g/mol. The van der Waals surface area contributed by atoms with E-state index in [1.165, 1.54) is 19.6 Å². The molecule has 2 unspecified atom stereocenters. The molecule has 1 aliphatic heterocycles. The van der Waals surface area contributed by atoms with E-state index in [2.05, 4.69) is 47.1 Å². The Morgan fingerprint density at radius 2 is 2.00 bits per heavy atom. The van der Waals surface area contributed by atoms with E-state index in [-0.39, 0.29) is 5.54 Å². The number of piperazine rings is 1.